The molecule has 0 atom stereocenters. The second-order valence-corrected chi connectivity index (χ2v) is 9.31. The molecule has 0 saturated carbocycles. The Morgan fingerprint density at radius 3 is 0.932 bits per heavy atom. The zero-order valence-corrected chi connectivity index (χ0v) is 21.1. The Hall–Kier alpha value is -4.43. The maximum atomic E-state index is 14.7. The van der Waals surface area contributed by atoms with Crippen molar-refractivity contribution in [2.24, 2.45) is 0 Å². The molecule has 0 saturated heterocycles. The predicted molar refractivity (Wildman–Crippen MR) is 127 cm³/mol. The average molecular weight is 642 g/mol. The molecule has 0 radical (unpaired) electrons. The van der Waals surface area contributed by atoms with Crippen molar-refractivity contribution in [3.05, 3.63) is 118 Å². The minimum absolute atomic E-state index is 0.200. The molecule has 0 aliphatic rings. The van der Waals surface area contributed by atoms with Gasteiger partial charge in [-0.2, -0.15) is 52.7 Å². The van der Waals surface area contributed by atoms with E-state index in [1.807, 2.05) is 0 Å². The van der Waals surface area contributed by atoms with E-state index in [1.165, 1.54) is 0 Å². The van der Waals surface area contributed by atoms with Gasteiger partial charge in [-0.15, -0.1) is 0 Å². The van der Waals surface area contributed by atoms with Crippen LogP contribution >= 0.6 is 0 Å². The number of hydrogen-bond donors (Lipinski definition) is 0. The van der Waals surface area contributed by atoms with Crippen molar-refractivity contribution >= 4 is 5.78 Å². The maximum Gasteiger partial charge on any atom is 0.416 e. The molecule has 15 heteroatoms. The highest BCUT2D eigenvalue weighted by Crippen LogP contribution is 2.41. The second-order valence-electron chi connectivity index (χ2n) is 9.31. The van der Waals surface area contributed by atoms with E-state index in [0.29, 0.717) is 24.3 Å². The Balaban J connectivity index is 1.84. The van der Waals surface area contributed by atoms with Crippen LogP contribution in [0.3, 0.4) is 0 Å². The van der Waals surface area contributed by atoms with Gasteiger partial charge in [0.2, 0.25) is 0 Å². The Morgan fingerprint density at radius 2 is 0.682 bits per heavy atom. The van der Waals surface area contributed by atoms with Gasteiger partial charge in [0.1, 0.15) is 11.6 Å². The van der Waals surface area contributed by atoms with E-state index in [4.69, 9.17) is 0 Å². The predicted octanol–water partition coefficient (Wildman–Crippen LogP) is 10.6. The van der Waals surface area contributed by atoms with Crippen molar-refractivity contribution < 1.29 is 66.3 Å². The van der Waals surface area contributed by atoms with E-state index < -0.39 is 97.8 Å². The number of ketones is 1. The molecule has 0 N–H and O–H groups in total. The molecule has 44 heavy (non-hydrogen) atoms. The summed E-state index contributed by atoms with van der Waals surface area (Å²) < 4.78 is 189. The fourth-order valence-corrected chi connectivity index (χ4v) is 4.16. The van der Waals surface area contributed by atoms with Crippen molar-refractivity contribution in [1.82, 2.24) is 0 Å². The van der Waals surface area contributed by atoms with Gasteiger partial charge in [-0.3, -0.25) is 4.79 Å². The molecule has 232 valence electrons. The summed E-state index contributed by atoms with van der Waals surface area (Å²) in [6, 6.07) is 4.28. The molecular formula is C29H12F14O. The Kier molecular flexibility index (Phi) is 8.07. The van der Waals surface area contributed by atoms with Gasteiger partial charge in [0.15, 0.2) is 5.78 Å². The molecule has 0 spiro atoms. The lowest BCUT2D eigenvalue weighted by molar-refractivity contribution is -0.144. The van der Waals surface area contributed by atoms with E-state index in [9.17, 15) is 66.3 Å². The first-order valence-corrected chi connectivity index (χ1v) is 11.8. The van der Waals surface area contributed by atoms with Crippen LogP contribution in [-0.2, 0) is 24.7 Å². The fraction of sp³-hybridized carbons (Fsp3) is 0.138. The zero-order valence-electron chi connectivity index (χ0n) is 21.1. The lowest BCUT2D eigenvalue weighted by Gasteiger charge is -2.16. The molecule has 0 unspecified atom stereocenters. The summed E-state index contributed by atoms with van der Waals surface area (Å²) in [5.41, 5.74) is -11.8. The quantitative estimate of drug-likeness (QED) is 0.160. The zero-order chi connectivity index (χ0) is 33.0. The minimum Gasteiger partial charge on any atom is -0.289 e. The third-order valence-electron chi connectivity index (χ3n) is 6.25. The van der Waals surface area contributed by atoms with Crippen LogP contribution in [0, 0.1) is 11.6 Å². The second kappa shape index (κ2) is 10.9. The van der Waals surface area contributed by atoms with Gasteiger partial charge in [0.05, 0.1) is 22.3 Å². The van der Waals surface area contributed by atoms with Gasteiger partial charge in [0, 0.05) is 22.3 Å². The van der Waals surface area contributed by atoms with Crippen LogP contribution in [0.2, 0.25) is 0 Å². The molecular weight excluding hydrogens is 630 g/mol. The fourth-order valence-electron chi connectivity index (χ4n) is 4.16. The van der Waals surface area contributed by atoms with E-state index in [2.05, 4.69) is 0 Å². The SMILES string of the molecule is O=C(c1ccc(F)c(-c2cc(C(F)(F)F)cc(C(F)(F)F)c2)c1)c1ccc(F)c(-c2cc(C(F)(F)F)cc(C(F)(F)F)c2)c1. The van der Waals surface area contributed by atoms with Gasteiger partial charge in [0.25, 0.3) is 0 Å². The first-order chi connectivity index (χ1) is 20.1. The highest BCUT2D eigenvalue weighted by molar-refractivity contribution is 6.10. The van der Waals surface area contributed by atoms with E-state index in [0.717, 1.165) is 12.1 Å². The number of rotatable bonds is 4. The summed E-state index contributed by atoms with van der Waals surface area (Å²) in [6.07, 6.45) is -21.1. The van der Waals surface area contributed by atoms with Crippen LogP contribution in [0.1, 0.15) is 38.2 Å². The third kappa shape index (κ3) is 6.86. The summed E-state index contributed by atoms with van der Waals surface area (Å²) in [6.45, 7) is 0. The molecule has 0 fully saturated rings. The van der Waals surface area contributed by atoms with Gasteiger partial charge in [-0.1, -0.05) is 0 Å². The number of carbonyl (C=O) groups excluding carboxylic acids is 1. The molecule has 4 rings (SSSR count). The van der Waals surface area contributed by atoms with E-state index in [-0.39, 0.29) is 36.4 Å². The number of benzene rings is 4. The lowest BCUT2D eigenvalue weighted by Crippen LogP contribution is -2.11. The number of hydrogen-bond acceptors (Lipinski definition) is 1. The summed E-state index contributed by atoms with van der Waals surface area (Å²) >= 11 is 0. The lowest BCUT2D eigenvalue weighted by atomic mass is 9.93. The van der Waals surface area contributed by atoms with Crippen molar-refractivity contribution in [3.63, 3.8) is 0 Å². The van der Waals surface area contributed by atoms with Gasteiger partial charge >= 0.3 is 24.7 Å². The Labute approximate surface area is 237 Å². The minimum atomic E-state index is -5.28. The van der Waals surface area contributed by atoms with E-state index >= 15 is 0 Å². The molecule has 0 bridgehead atoms. The number of alkyl halides is 12. The molecule has 0 heterocycles. The van der Waals surface area contributed by atoms with Crippen molar-refractivity contribution in [2.75, 3.05) is 0 Å². The van der Waals surface area contributed by atoms with Crippen LogP contribution in [0.5, 0.6) is 0 Å². The summed E-state index contributed by atoms with van der Waals surface area (Å²) in [5, 5.41) is 0. The van der Waals surface area contributed by atoms with Crippen LogP contribution in [0.25, 0.3) is 22.3 Å². The first-order valence-electron chi connectivity index (χ1n) is 11.8. The Bertz CT molecular complexity index is 1550. The van der Waals surface area contributed by atoms with Gasteiger partial charge in [-0.25, -0.2) is 8.78 Å². The molecule has 0 amide bonds. The Morgan fingerprint density at radius 1 is 0.409 bits per heavy atom. The summed E-state index contributed by atoms with van der Waals surface area (Å²) in [4.78, 5) is 13.2. The van der Waals surface area contributed by atoms with Gasteiger partial charge < -0.3 is 0 Å². The van der Waals surface area contributed by atoms with Crippen molar-refractivity contribution in [1.29, 1.82) is 0 Å². The topological polar surface area (TPSA) is 17.1 Å². The summed E-state index contributed by atoms with van der Waals surface area (Å²) in [7, 11) is 0. The smallest absolute Gasteiger partial charge is 0.289 e. The standard InChI is InChI=1S/C29H12F14O/c30-23-3-1-13(9-21(23)15-5-17(26(32,33)34)11-18(6-15)27(35,36)37)25(44)14-2-4-24(31)22(10-14)16-7-19(28(38,39)40)12-20(8-16)29(41,42)43/h1-12H. The largest absolute Gasteiger partial charge is 0.416 e. The first kappa shape index (κ1) is 32.5. The average Bonchev–Trinajstić information content (AvgIpc) is 2.91. The highest BCUT2D eigenvalue weighted by atomic mass is 19.4. The van der Waals surface area contributed by atoms with Crippen molar-refractivity contribution in [2.45, 2.75) is 24.7 Å². The van der Waals surface area contributed by atoms with Gasteiger partial charge in [-0.05, 0) is 83.9 Å². The molecule has 0 aromatic heterocycles. The van der Waals surface area contributed by atoms with Crippen LogP contribution in [0.4, 0.5) is 61.5 Å². The van der Waals surface area contributed by atoms with Crippen molar-refractivity contribution in [3.8, 4) is 22.3 Å². The van der Waals surface area contributed by atoms with Crippen LogP contribution in [-0.4, -0.2) is 5.78 Å². The number of carbonyl (C=O) groups is 1. The monoisotopic (exact) mass is 642 g/mol. The van der Waals surface area contributed by atoms with Crippen LogP contribution in [0.15, 0.2) is 72.8 Å². The molecule has 1 nitrogen and oxygen atoms in total. The summed E-state index contributed by atoms with van der Waals surface area (Å²) in [5.74, 6) is -3.84. The maximum absolute atomic E-state index is 14.7. The van der Waals surface area contributed by atoms with E-state index in [1.54, 1.807) is 0 Å². The molecule has 0 aliphatic heterocycles. The third-order valence-corrected chi connectivity index (χ3v) is 6.25. The molecule has 4 aromatic carbocycles. The number of halogens is 14. The van der Waals surface area contributed by atoms with Crippen LogP contribution < -0.4 is 0 Å². The highest BCUT2D eigenvalue weighted by Gasteiger charge is 2.38. The molecule has 4 aromatic rings. The molecule has 0 aliphatic carbocycles. The normalized spacial score (nSPS) is 12.9.